The van der Waals surface area contributed by atoms with E-state index in [9.17, 15) is 14.7 Å². The number of carbonyl (C=O) groups excluding carboxylic acids is 1. The number of nitrogens with zero attached hydrogens (tertiary/aromatic N) is 1. The molecule has 2 amide bonds. The first-order valence-corrected chi connectivity index (χ1v) is 7.52. The second-order valence-corrected chi connectivity index (χ2v) is 6.64. The maximum atomic E-state index is 12.3. The van der Waals surface area contributed by atoms with E-state index in [4.69, 9.17) is 0 Å². The fraction of sp³-hybridized carbons (Fsp3) is 0.867. The van der Waals surface area contributed by atoms with Crippen LogP contribution in [0.2, 0.25) is 0 Å². The van der Waals surface area contributed by atoms with E-state index in [0.29, 0.717) is 13.1 Å². The fourth-order valence-corrected chi connectivity index (χ4v) is 2.87. The van der Waals surface area contributed by atoms with E-state index >= 15 is 0 Å². The van der Waals surface area contributed by atoms with Crippen LogP contribution < -0.4 is 5.32 Å². The monoisotopic (exact) mass is 284 g/mol. The summed E-state index contributed by atoms with van der Waals surface area (Å²) < 4.78 is 0. The molecule has 0 heterocycles. The molecule has 5 nitrogen and oxygen atoms in total. The third-order valence-electron chi connectivity index (χ3n) is 4.49. The molecule has 0 saturated heterocycles. The van der Waals surface area contributed by atoms with Crippen LogP contribution in [0.5, 0.6) is 0 Å². The van der Waals surface area contributed by atoms with Crippen LogP contribution in [0.3, 0.4) is 0 Å². The van der Waals surface area contributed by atoms with E-state index in [-0.39, 0.29) is 11.4 Å². The van der Waals surface area contributed by atoms with Gasteiger partial charge in [0, 0.05) is 13.1 Å². The van der Waals surface area contributed by atoms with Crippen molar-refractivity contribution in [3.8, 4) is 0 Å². The topological polar surface area (TPSA) is 69.6 Å². The highest BCUT2D eigenvalue weighted by atomic mass is 16.4. The van der Waals surface area contributed by atoms with Gasteiger partial charge in [0.2, 0.25) is 0 Å². The highest BCUT2D eigenvalue weighted by molar-refractivity contribution is 5.85. The summed E-state index contributed by atoms with van der Waals surface area (Å²) in [6.07, 6.45) is 5.95. The Morgan fingerprint density at radius 3 is 2.25 bits per heavy atom. The van der Waals surface area contributed by atoms with Crippen molar-refractivity contribution in [2.75, 3.05) is 13.1 Å². The zero-order valence-corrected chi connectivity index (χ0v) is 13.2. The van der Waals surface area contributed by atoms with Gasteiger partial charge in [-0.25, -0.2) is 9.59 Å². The molecule has 20 heavy (non-hydrogen) atoms. The van der Waals surface area contributed by atoms with Gasteiger partial charge >= 0.3 is 12.0 Å². The van der Waals surface area contributed by atoms with Crippen molar-refractivity contribution in [1.82, 2.24) is 10.2 Å². The van der Waals surface area contributed by atoms with Gasteiger partial charge in [-0.05, 0) is 39.0 Å². The van der Waals surface area contributed by atoms with E-state index in [0.717, 1.165) is 12.8 Å². The summed E-state index contributed by atoms with van der Waals surface area (Å²) in [4.78, 5) is 24.9. The van der Waals surface area contributed by atoms with Gasteiger partial charge in [-0.2, -0.15) is 0 Å². The summed E-state index contributed by atoms with van der Waals surface area (Å²) in [5, 5.41) is 12.2. The quantitative estimate of drug-likeness (QED) is 0.815. The number of aliphatic carboxylic acids is 1. The first kappa shape index (κ1) is 16.8. The molecule has 0 atom stereocenters. The van der Waals surface area contributed by atoms with Gasteiger partial charge in [0.1, 0.15) is 5.54 Å². The van der Waals surface area contributed by atoms with Crippen LogP contribution in [0.4, 0.5) is 4.79 Å². The average Bonchev–Trinajstić information content (AvgIpc) is 2.38. The van der Waals surface area contributed by atoms with Crippen molar-refractivity contribution < 1.29 is 14.7 Å². The van der Waals surface area contributed by atoms with E-state index in [1.54, 1.807) is 20.8 Å². The summed E-state index contributed by atoms with van der Waals surface area (Å²) in [5.74, 6) is -0.988. The number of carbonyl (C=O) groups is 2. The molecule has 0 spiro atoms. The summed E-state index contributed by atoms with van der Waals surface area (Å²) in [7, 11) is 0. The Kier molecular flexibility index (Phi) is 5.42. The van der Waals surface area contributed by atoms with Crippen molar-refractivity contribution in [3.63, 3.8) is 0 Å². The third-order valence-corrected chi connectivity index (χ3v) is 4.49. The third kappa shape index (κ3) is 3.87. The van der Waals surface area contributed by atoms with Gasteiger partial charge in [-0.3, -0.25) is 0 Å². The lowest BCUT2D eigenvalue weighted by Crippen LogP contribution is -2.57. The molecule has 5 heteroatoms. The van der Waals surface area contributed by atoms with Crippen molar-refractivity contribution in [1.29, 1.82) is 0 Å². The minimum Gasteiger partial charge on any atom is -0.480 e. The molecule has 1 aliphatic rings. The first-order chi connectivity index (χ1) is 9.23. The van der Waals surface area contributed by atoms with Crippen LogP contribution in [-0.2, 0) is 4.79 Å². The Hall–Kier alpha value is -1.26. The maximum Gasteiger partial charge on any atom is 0.329 e. The van der Waals surface area contributed by atoms with E-state index in [1.807, 2.05) is 0 Å². The van der Waals surface area contributed by atoms with Crippen molar-refractivity contribution in [2.45, 2.75) is 65.3 Å². The molecule has 2 N–H and O–H groups in total. The van der Waals surface area contributed by atoms with Crippen molar-refractivity contribution >= 4 is 12.0 Å². The zero-order valence-electron chi connectivity index (χ0n) is 13.2. The Morgan fingerprint density at radius 2 is 1.80 bits per heavy atom. The van der Waals surface area contributed by atoms with Gasteiger partial charge in [-0.1, -0.05) is 26.2 Å². The summed E-state index contributed by atoms with van der Waals surface area (Å²) in [6, 6.07) is -0.285. The summed E-state index contributed by atoms with van der Waals surface area (Å²) in [5.41, 5.74) is -1.03. The molecule has 1 aliphatic carbocycles. The molecule has 0 aliphatic heterocycles. The lowest BCUT2D eigenvalue weighted by Gasteiger charge is -2.37. The number of amides is 2. The van der Waals surface area contributed by atoms with Crippen molar-refractivity contribution in [2.24, 2.45) is 5.41 Å². The van der Waals surface area contributed by atoms with Crippen LogP contribution in [0.25, 0.3) is 0 Å². The highest BCUT2D eigenvalue weighted by Crippen LogP contribution is 2.35. The molecule has 0 aromatic carbocycles. The number of hydrogen-bond donors (Lipinski definition) is 2. The molecule has 1 fully saturated rings. The number of carboxylic acid groups (broad SMARTS) is 1. The van der Waals surface area contributed by atoms with Crippen LogP contribution in [0.1, 0.15) is 59.8 Å². The predicted molar refractivity (Wildman–Crippen MR) is 78.7 cm³/mol. The SMILES string of the molecule is CCN(C(=O)NCC1(C)CCCCC1)C(C)(C)C(=O)O. The average molecular weight is 284 g/mol. The maximum absolute atomic E-state index is 12.3. The molecule has 0 radical (unpaired) electrons. The molecular weight excluding hydrogens is 256 g/mol. The molecule has 0 aromatic heterocycles. The fourth-order valence-electron chi connectivity index (χ4n) is 2.87. The van der Waals surface area contributed by atoms with E-state index in [1.165, 1.54) is 24.2 Å². The van der Waals surface area contributed by atoms with Gasteiger partial charge < -0.3 is 15.3 Å². The van der Waals surface area contributed by atoms with Gasteiger partial charge in [0.25, 0.3) is 0 Å². The second-order valence-electron chi connectivity index (χ2n) is 6.64. The Bertz CT molecular complexity index is 360. The van der Waals surface area contributed by atoms with Crippen LogP contribution in [-0.4, -0.2) is 40.6 Å². The Labute approximate surface area is 121 Å². The first-order valence-electron chi connectivity index (χ1n) is 7.52. The molecule has 116 valence electrons. The van der Waals surface area contributed by atoms with E-state index in [2.05, 4.69) is 12.2 Å². The zero-order chi connectivity index (χ0) is 15.4. The van der Waals surface area contributed by atoms with Crippen LogP contribution in [0, 0.1) is 5.41 Å². The standard InChI is InChI=1S/C15H28N2O3/c1-5-17(14(2,3)12(18)19)13(20)16-11-15(4)9-7-6-8-10-15/h5-11H2,1-4H3,(H,16,20)(H,18,19). The lowest BCUT2D eigenvalue weighted by molar-refractivity contribution is -0.147. The van der Waals surface area contributed by atoms with Gasteiger partial charge in [-0.15, -0.1) is 0 Å². The predicted octanol–water partition coefficient (Wildman–Crippen LogP) is 2.85. The Morgan fingerprint density at radius 1 is 1.25 bits per heavy atom. The lowest BCUT2D eigenvalue weighted by atomic mass is 9.76. The normalized spacial score (nSPS) is 18.4. The summed E-state index contributed by atoms with van der Waals surface area (Å²) in [6.45, 7) is 8.11. The molecule has 0 unspecified atom stereocenters. The largest absolute Gasteiger partial charge is 0.480 e. The van der Waals surface area contributed by atoms with Gasteiger partial charge in [0.15, 0.2) is 0 Å². The molecule has 1 saturated carbocycles. The molecule has 0 aromatic rings. The van der Waals surface area contributed by atoms with Crippen LogP contribution >= 0.6 is 0 Å². The number of urea groups is 1. The minimum atomic E-state index is -1.19. The van der Waals surface area contributed by atoms with E-state index < -0.39 is 11.5 Å². The van der Waals surface area contributed by atoms with Crippen molar-refractivity contribution in [3.05, 3.63) is 0 Å². The molecular formula is C15H28N2O3. The number of rotatable bonds is 5. The summed E-state index contributed by atoms with van der Waals surface area (Å²) >= 11 is 0. The van der Waals surface area contributed by atoms with Gasteiger partial charge in [0.05, 0.1) is 0 Å². The number of hydrogen-bond acceptors (Lipinski definition) is 2. The number of likely N-dealkylation sites (N-methyl/N-ethyl adjacent to an activating group) is 1. The highest BCUT2D eigenvalue weighted by Gasteiger charge is 2.37. The van der Waals surface area contributed by atoms with Crippen LogP contribution in [0.15, 0.2) is 0 Å². The minimum absolute atomic E-state index is 0.153. The molecule has 0 bridgehead atoms. The smallest absolute Gasteiger partial charge is 0.329 e. The number of nitrogens with one attached hydrogen (secondary N) is 1. The number of carboxylic acids is 1. The Balaban J connectivity index is 2.62. The second kappa shape index (κ2) is 6.46. The molecule has 1 rings (SSSR count).